The molecule has 0 radical (unpaired) electrons. The van der Waals surface area contributed by atoms with Gasteiger partial charge in [0.25, 0.3) is 5.56 Å². The van der Waals surface area contributed by atoms with Crippen LogP contribution in [0.25, 0.3) is 22.6 Å². The molecule has 0 saturated carbocycles. The Morgan fingerprint density at radius 1 is 1.04 bits per heavy atom. The van der Waals surface area contributed by atoms with Crippen LogP contribution in [0.1, 0.15) is 11.1 Å². The Morgan fingerprint density at radius 2 is 1.88 bits per heavy atom. The number of anilines is 1. The molecule has 130 valence electrons. The van der Waals surface area contributed by atoms with Crippen LogP contribution in [0.15, 0.2) is 52.2 Å². The number of hydrogen-bond donors (Lipinski definition) is 4. The number of nitrogens with one attached hydrogen (secondary N) is 4. The summed E-state index contributed by atoms with van der Waals surface area (Å²) in [6, 6.07) is 11.8. The van der Waals surface area contributed by atoms with Crippen molar-refractivity contribution in [1.82, 2.24) is 24.9 Å². The van der Waals surface area contributed by atoms with Crippen LogP contribution in [0.2, 0.25) is 0 Å². The lowest BCUT2D eigenvalue weighted by atomic mass is 10.1. The second-order valence-electron chi connectivity index (χ2n) is 5.93. The molecule has 1 aromatic carbocycles. The number of benzene rings is 1. The molecule has 8 nitrogen and oxygen atoms in total. The summed E-state index contributed by atoms with van der Waals surface area (Å²) < 4.78 is 0. The first-order valence-electron chi connectivity index (χ1n) is 8.07. The smallest absolute Gasteiger partial charge is 0.327 e. The number of nitrogens with zero attached hydrogens (tertiary/aromatic N) is 2. The number of H-pyrrole nitrogens is 3. The molecule has 0 amide bonds. The number of rotatable bonds is 4. The Hall–Kier alpha value is -3.68. The maximum atomic E-state index is 11.8. The fraction of sp³-hybridized carbons (Fsp3) is 0.111. The highest BCUT2D eigenvalue weighted by Crippen LogP contribution is 2.18. The van der Waals surface area contributed by atoms with Gasteiger partial charge < -0.3 is 10.3 Å². The van der Waals surface area contributed by atoms with E-state index in [0.717, 1.165) is 5.82 Å². The minimum Gasteiger partial charge on any atom is -0.366 e. The Bertz CT molecular complexity index is 1190. The number of aromatic amines is 3. The van der Waals surface area contributed by atoms with Crippen molar-refractivity contribution in [2.45, 2.75) is 13.5 Å². The lowest BCUT2D eigenvalue weighted by molar-refractivity contribution is 1.07. The zero-order valence-corrected chi connectivity index (χ0v) is 14.0. The molecule has 0 fully saturated rings. The lowest BCUT2D eigenvalue weighted by Gasteiger charge is -2.08. The Balaban J connectivity index is 1.56. The van der Waals surface area contributed by atoms with Gasteiger partial charge in [-0.1, -0.05) is 24.3 Å². The summed E-state index contributed by atoms with van der Waals surface area (Å²) in [4.78, 5) is 39.3. The van der Waals surface area contributed by atoms with Gasteiger partial charge in [0, 0.05) is 18.3 Å². The molecule has 4 rings (SSSR count). The van der Waals surface area contributed by atoms with Gasteiger partial charge in [-0.3, -0.25) is 14.8 Å². The van der Waals surface area contributed by atoms with Crippen molar-refractivity contribution in [2.75, 3.05) is 5.32 Å². The molecule has 8 heteroatoms. The number of imidazole rings is 1. The highest BCUT2D eigenvalue weighted by atomic mass is 16.2. The summed E-state index contributed by atoms with van der Waals surface area (Å²) >= 11 is 0. The molecule has 0 aliphatic rings. The van der Waals surface area contributed by atoms with E-state index in [2.05, 4.69) is 49.3 Å². The molecule has 0 bridgehead atoms. The fourth-order valence-corrected chi connectivity index (χ4v) is 2.70. The molecule has 0 aliphatic carbocycles. The van der Waals surface area contributed by atoms with Crippen LogP contribution < -0.4 is 16.6 Å². The number of hydrogen-bond acceptors (Lipinski definition) is 5. The van der Waals surface area contributed by atoms with E-state index >= 15 is 0 Å². The van der Waals surface area contributed by atoms with E-state index in [1.54, 1.807) is 6.20 Å². The molecular weight excluding hydrogens is 332 g/mol. The van der Waals surface area contributed by atoms with Crippen LogP contribution in [0.5, 0.6) is 0 Å². The van der Waals surface area contributed by atoms with Crippen molar-refractivity contribution >= 4 is 17.0 Å². The van der Waals surface area contributed by atoms with Crippen LogP contribution >= 0.6 is 0 Å². The van der Waals surface area contributed by atoms with Gasteiger partial charge >= 0.3 is 5.69 Å². The van der Waals surface area contributed by atoms with Crippen LogP contribution in [-0.4, -0.2) is 24.9 Å². The zero-order valence-electron chi connectivity index (χ0n) is 14.0. The van der Waals surface area contributed by atoms with E-state index in [0.29, 0.717) is 17.9 Å². The van der Waals surface area contributed by atoms with Gasteiger partial charge in [-0.05, 0) is 30.2 Å². The van der Waals surface area contributed by atoms with Crippen LogP contribution in [0, 0.1) is 6.92 Å². The van der Waals surface area contributed by atoms with Crippen molar-refractivity contribution in [3.05, 3.63) is 74.6 Å². The van der Waals surface area contributed by atoms with Gasteiger partial charge in [0.2, 0.25) is 0 Å². The van der Waals surface area contributed by atoms with E-state index in [1.807, 2.05) is 24.3 Å². The molecular formula is C18H16N6O2. The lowest BCUT2D eigenvalue weighted by Crippen LogP contribution is -2.21. The summed E-state index contributed by atoms with van der Waals surface area (Å²) in [6.45, 7) is 2.75. The van der Waals surface area contributed by atoms with Gasteiger partial charge in [0.15, 0.2) is 5.65 Å². The molecule has 26 heavy (non-hydrogen) atoms. The van der Waals surface area contributed by atoms with E-state index < -0.39 is 11.2 Å². The Labute approximate surface area is 147 Å². The van der Waals surface area contributed by atoms with E-state index in [1.165, 1.54) is 11.1 Å². The SMILES string of the molecule is Cc1ccccc1CNc1ccc(-c2nc3[nH]c(=O)[nH]c(=O)c3[nH]2)cn1. The molecule has 0 atom stereocenters. The maximum Gasteiger partial charge on any atom is 0.327 e. The van der Waals surface area contributed by atoms with Crippen molar-refractivity contribution < 1.29 is 0 Å². The van der Waals surface area contributed by atoms with Crippen molar-refractivity contribution in [3.63, 3.8) is 0 Å². The summed E-state index contributed by atoms with van der Waals surface area (Å²) in [5.74, 6) is 1.20. The Morgan fingerprint density at radius 3 is 2.65 bits per heavy atom. The third-order valence-electron chi connectivity index (χ3n) is 4.15. The topological polar surface area (TPSA) is 119 Å². The third kappa shape index (κ3) is 3.00. The molecule has 3 heterocycles. The average Bonchev–Trinajstić information content (AvgIpc) is 3.06. The number of pyridine rings is 1. The van der Waals surface area contributed by atoms with Gasteiger partial charge in [0.1, 0.15) is 17.2 Å². The molecule has 4 aromatic rings. The first-order chi connectivity index (χ1) is 12.6. The second kappa shape index (κ2) is 6.32. The normalized spacial score (nSPS) is 11.0. The second-order valence-corrected chi connectivity index (χ2v) is 5.93. The summed E-state index contributed by atoms with van der Waals surface area (Å²) in [5, 5.41) is 3.28. The molecule has 0 saturated heterocycles. The summed E-state index contributed by atoms with van der Waals surface area (Å²) in [7, 11) is 0. The highest BCUT2D eigenvalue weighted by molar-refractivity contribution is 5.74. The monoisotopic (exact) mass is 348 g/mol. The third-order valence-corrected chi connectivity index (χ3v) is 4.15. The van der Waals surface area contributed by atoms with Gasteiger partial charge in [-0.15, -0.1) is 0 Å². The van der Waals surface area contributed by atoms with E-state index in [4.69, 9.17) is 0 Å². The zero-order chi connectivity index (χ0) is 18.1. The molecule has 3 aromatic heterocycles. The molecule has 4 N–H and O–H groups in total. The van der Waals surface area contributed by atoms with Crippen molar-refractivity contribution in [3.8, 4) is 11.4 Å². The predicted molar refractivity (Wildman–Crippen MR) is 99.1 cm³/mol. The van der Waals surface area contributed by atoms with Gasteiger partial charge in [0.05, 0.1) is 0 Å². The molecule has 0 aliphatic heterocycles. The summed E-state index contributed by atoms with van der Waals surface area (Å²) in [6.07, 6.45) is 1.66. The van der Waals surface area contributed by atoms with Crippen LogP contribution in [-0.2, 0) is 6.54 Å². The maximum absolute atomic E-state index is 11.8. The standard InChI is InChI=1S/C18H16N6O2/c1-10-4-2-3-5-11(10)8-19-13-7-6-12(9-20-13)15-21-14-16(22-15)23-18(26)24-17(14)25/h2-7,9H,8H2,1H3,(H,19,20)(H3,21,22,23,24,25,26). The van der Waals surface area contributed by atoms with Crippen molar-refractivity contribution in [2.24, 2.45) is 0 Å². The predicted octanol–water partition coefficient (Wildman–Crippen LogP) is 1.92. The average molecular weight is 348 g/mol. The summed E-state index contributed by atoms with van der Waals surface area (Å²) in [5.41, 5.74) is 2.48. The minimum absolute atomic E-state index is 0.218. The fourth-order valence-electron chi connectivity index (χ4n) is 2.70. The quantitative estimate of drug-likeness (QED) is 0.449. The van der Waals surface area contributed by atoms with Crippen molar-refractivity contribution in [1.29, 1.82) is 0 Å². The van der Waals surface area contributed by atoms with Crippen LogP contribution in [0.3, 0.4) is 0 Å². The number of aryl methyl sites for hydroxylation is 1. The first kappa shape index (κ1) is 15.8. The van der Waals surface area contributed by atoms with Gasteiger partial charge in [-0.25, -0.2) is 14.8 Å². The number of aromatic nitrogens is 5. The molecule has 0 unspecified atom stereocenters. The highest BCUT2D eigenvalue weighted by Gasteiger charge is 2.09. The first-order valence-corrected chi connectivity index (χ1v) is 8.07. The van der Waals surface area contributed by atoms with Crippen LogP contribution in [0.4, 0.5) is 5.82 Å². The number of fused-ring (bicyclic) bond motifs is 1. The minimum atomic E-state index is -0.588. The largest absolute Gasteiger partial charge is 0.366 e. The molecule has 0 spiro atoms. The Kier molecular flexibility index (Phi) is 3.85. The van der Waals surface area contributed by atoms with E-state index in [-0.39, 0.29) is 11.2 Å². The van der Waals surface area contributed by atoms with E-state index in [9.17, 15) is 9.59 Å². The van der Waals surface area contributed by atoms with Gasteiger partial charge in [-0.2, -0.15) is 0 Å².